The molecule has 4 nitrogen and oxygen atoms in total. The van der Waals surface area contributed by atoms with Crippen LogP contribution in [-0.2, 0) is 11.3 Å². The highest BCUT2D eigenvalue weighted by Gasteiger charge is 2.30. The van der Waals surface area contributed by atoms with Gasteiger partial charge in [0.1, 0.15) is 0 Å². The van der Waals surface area contributed by atoms with E-state index in [0.717, 1.165) is 5.56 Å². The zero-order chi connectivity index (χ0) is 14.5. The van der Waals surface area contributed by atoms with Gasteiger partial charge >= 0.3 is 6.03 Å². The van der Waals surface area contributed by atoms with E-state index in [1.165, 1.54) is 0 Å². The number of halogens is 2. The van der Waals surface area contributed by atoms with Crippen LogP contribution < -0.4 is 5.32 Å². The second kappa shape index (κ2) is 6.97. The third-order valence-corrected chi connectivity index (χ3v) is 3.74. The van der Waals surface area contributed by atoms with Crippen LogP contribution in [0.1, 0.15) is 5.56 Å². The Hall–Kier alpha value is -1.23. The maximum atomic E-state index is 11.6. The van der Waals surface area contributed by atoms with E-state index in [9.17, 15) is 4.79 Å². The number of hydrogen-bond acceptors (Lipinski definition) is 2. The molecule has 1 heterocycles. The molecule has 0 aliphatic carbocycles. The van der Waals surface area contributed by atoms with Crippen molar-refractivity contribution in [2.45, 2.75) is 12.7 Å². The van der Waals surface area contributed by atoms with Crippen molar-refractivity contribution in [3.8, 4) is 0 Å². The van der Waals surface area contributed by atoms with E-state index in [1.54, 1.807) is 23.1 Å². The molecule has 0 atom stereocenters. The van der Waals surface area contributed by atoms with Crippen molar-refractivity contribution in [3.63, 3.8) is 0 Å². The van der Waals surface area contributed by atoms with Gasteiger partial charge in [-0.05, 0) is 17.7 Å². The molecule has 20 heavy (non-hydrogen) atoms. The highest BCUT2D eigenvalue weighted by atomic mass is 35.5. The largest absolute Gasteiger partial charge is 0.370 e. The van der Waals surface area contributed by atoms with Gasteiger partial charge in [-0.25, -0.2) is 4.79 Å². The van der Waals surface area contributed by atoms with Gasteiger partial charge in [-0.3, -0.25) is 0 Å². The third kappa shape index (κ3) is 3.88. The van der Waals surface area contributed by atoms with Crippen molar-refractivity contribution in [2.75, 3.05) is 19.6 Å². The molecule has 1 aromatic rings. The van der Waals surface area contributed by atoms with E-state index in [4.69, 9.17) is 27.9 Å². The Kier molecular flexibility index (Phi) is 5.29. The fourth-order valence-electron chi connectivity index (χ4n) is 1.82. The maximum absolute atomic E-state index is 11.6. The average Bonchev–Trinajstić information content (AvgIpc) is 2.38. The smallest absolute Gasteiger partial charge is 0.317 e. The average molecular weight is 315 g/mol. The first-order chi connectivity index (χ1) is 9.60. The van der Waals surface area contributed by atoms with Crippen LogP contribution in [0, 0.1) is 0 Å². The molecule has 0 spiro atoms. The molecule has 1 fully saturated rings. The Labute approximate surface area is 128 Å². The molecule has 1 saturated heterocycles. The number of carbonyl (C=O) groups excluding carboxylic acids is 1. The number of benzene rings is 1. The van der Waals surface area contributed by atoms with Crippen molar-refractivity contribution < 1.29 is 9.53 Å². The van der Waals surface area contributed by atoms with Gasteiger partial charge in [0.15, 0.2) is 0 Å². The number of ether oxygens (including phenoxy) is 1. The summed E-state index contributed by atoms with van der Waals surface area (Å²) in [7, 11) is 0. The molecule has 2 amide bonds. The molecule has 1 aliphatic heterocycles. The Morgan fingerprint density at radius 1 is 1.45 bits per heavy atom. The van der Waals surface area contributed by atoms with Gasteiger partial charge < -0.3 is 15.0 Å². The van der Waals surface area contributed by atoms with Crippen LogP contribution in [0.5, 0.6) is 0 Å². The predicted octanol–water partition coefficient (Wildman–Crippen LogP) is 3.09. The maximum Gasteiger partial charge on any atom is 0.317 e. The number of nitrogens with zero attached hydrogens (tertiary/aromatic N) is 1. The number of hydrogen-bond donors (Lipinski definition) is 1. The topological polar surface area (TPSA) is 41.6 Å². The summed E-state index contributed by atoms with van der Waals surface area (Å²) in [6.45, 7) is 5.69. The SMILES string of the molecule is C=CCNC(=O)N1CC(OCc2ccc(Cl)c(Cl)c2)C1. The van der Waals surface area contributed by atoms with Gasteiger partial charge in [-0.1, -0.05) is 35.3 Å². The van der Waals surface area contributed by atoms with E-state index >= 15 is 0 Å². The summed E-state index contributed by atoms with van der Waals surface area (Å²) in [4.78, 5) is 13.3. The monoisotopic (exact) mass is 314 g/mol. The predicted molar refractivity (Wildman–Crippen MR) is 80.2 cm³/mol. The van der Waals surface area contributed by atoms with Crippen molar-refractivity contribution in [2.24, 2.45) is 0 Å². The molecular formula is C14H16Cl2N2O2. The minimum atomic E-state index is -0.0840. The van der Waals surface area contributed by atoms with Crippen LogP contribution in [0.2, 0.25) is 10.0 Å². The van der Waals surface area contributed by atoms with Gasteiger partial charge in [-0.15, -0.1) is 6.58 Å². The van der Waals surface area contributed by atoms with E-state index in [0.29, 0.717) is 36.3 Å². The van der Waals surface area contributed by atoms with Crippen LogP contribution in [-0.4, -0.2) is 36.7 Å². The molecule has 2 rings (SSSR count). The van der Waals surface area contributed by atoms with Crippen molar-refractivity contribution >= 4 is 29.2 Å². The van der Waals surface area contributed by atoms with E-state index in [-0.39, 0.29) is 12.1 Å². The van der Waals surface area contributed by atoms with E-state index in [1.807, 2.05) is 6.07 Å². The third-order valence-electron chi connectivity index (χ3n) is 3.00. The number of nitrogens with one attached hydrogen (secondary N) is 1. The van der Waals surface area contributed by atoms with Crippen molar-refractivity contribution in [1.82, 2.24) is 10.2 Å². The summed E-state index contributed by atoms with van der Waals surface area (Å²) in [5.74, 6) is 0. The highest BCUT2D eigenvalue weighted by molar-refractivity contribution is 6.42. The molecular weight excluding hydrogens is 299 g/mol. The molecule has 0 bridgehead atoms. The van der Waals surface area contributed by atoms with Crippen LogP contribution >= 0.6 is 23.2 Å². The molecule has 1 aliphatic rings. The summed E-state index contributed by atoms with van der Waals surface area (Å²) < 4.78 is 5.70. The van der Waals surface area contributed by atoms with Gasteiger partial charge in [0.25, 0.3) is 0 Å². The first kappa shape index (κ1) is 15.2. The summed E-state index contributed by atoms with van der Waals surface area (Å²) >= 11 is 11.8. The number of likely N-dealkylation sites (tertiary alicyclic amines) is 1. The molecule has 0 radical (unpaired) electrons. The quantitative estimate of drug-likeness (QED) is 0.849. The lowest BCUT2D eigenvalue weighted by molar-refractivity contribution is -0.0440. The lowest BCUT2D eigenvalue weighted by atomic mass is 10.2. The van der Waals surface area contributed by atoms with Crippen LogP contribution in [0.4, 0.5) is 4.79 Å². The van der Waals surface area contributed by atoms with Gasteiger partial charge in [0, 0.05) is 6.54 Å². The lowest BCUT2D eigenvalue weighted by Crippen LogP contribution is -2.57. The molecule has 1 aromatic carbocycles. The van der Waals surface area contributed by atoms with Crippen molar-refractivity contribution in [3.05, 3.63) is 46.5 Å². The summed E-state index contributed by atoms with van der Waals surface area (Å²) in [6, 6.07) is 5.33. The van der Waals surface area contributed by atoms with Crippen LogP contribution in [0.15, 0.2) is 30.9 Å². The zero-order valence-corrected chi connectivity index (χ0v) is 12.5. The first-order valence-electron chi connectivity index (χ1n) is 6.29. The Morgan fingerprint density at radius 2 is 2.20 bits per heavy atom. The minimum absolute atomic E-state index is 0.0685. The fourth-order valence-corrected chi connectivity index (χ4v) is 2.14. The first-order valence-corrected chi connectivity index (χ1v) is 7.05. The summed E-state index contributed by atoms with van der Waals surface area (Å²) in [5, 5.41) is 3.78. The second-order valence-electron chi connectivity index (χ2n) is 4.56. The second-order valence-corrected chi connectivity index (χ2v) is 5.38. The number of amides is 2. The standard InChI is InChI=1S/C14H16Cl2N2O2/c1-2-5-17-14(19)18-7-11(8-18)20-9-10-3-4-12(15)13(16)6-10/h2-4,6,11H,1,5,7-9H2,(H,17,19). The van der Waals surface area contributed by atoms with Gasteiger partial charge in [-0.2, -0.15) is 0 Å². The molecule has 1 N–H and O–H groups in total. The minimum Gasteiger partial charge on any atom is -0.370 e. The Bertz CT molecular complexity index is 502. The van der Waals surface area contributed by atoms with Crippen LogP contribution in [0.25, 0.3) is 0 Å². The number of carbonyl (C=O) groups is 1. The molecule has 108 valence electrons. The molecule has 0 aromatic heterocycles. The van der Waals surface area contributed by atoms with Gasteiger partial charge in [0.2, 0.25) is 0 Å². The van der Waals surface area contributed by atoms with E-state index < -0.39 is 0 Å². The summed E-state index contributed by atoms with van der Waals surface area (Å²) in [6.07, 6.45) is 1.72. The van der Waals surface area contributed by atoms with Gasteiger partial charge in [0.05, 0.1) is 35.8 Å². The Balaban J connectivity index is 1.71. The Morgan fingerprint density at radius 3 is 2.85 bits per heavy atom. The molecule has 0 saturated carbocycles. The normalized spacial score (nSPS) is 14.8. The highest BCUT2D eigenvalue weighted by Crippen LogP contribution is 2.23. The zero-order valence-electron chi connectivity index (χ0n) is 10.9. The molecule has 6 heteroatoms. The summed E-state index contributed by atoms with van der Waals surface area (Å²) in [5.41, 5.74) is 0.967. The number of urea groups is 1. The lowest BCUT2D eigenvalue weighted by Gasteiger charge is -2.38. The van der Waals surface area contributed by atoms with Crippen LogP contribution in [0.3, 0.4) is 0 Å². The van der Waals surface area contributed by atoms with Crippen molar-refractivity contribution in [1.29, 1.82) is 0 Å². The fraction of sp³-hybridized carbons (Fsp3) is 0.357. The molecule has 0 unspecified atom stereocenters. The van der Waals surface area contributed by atoms with E-state index in [2.05, 4.69) is 11.9 Å². The number of rotatable bonds is 5.